The Labute approximate surface area is 135 Å². The van der Waals surface area contributed by atoms with Crippen LogP contribution in [0.1, 0.15) is 58.8 Å². The monoisotopic (exact) mass is 298 g/mol. The van der Waals surface area contributed by atoms with Crippen molar-refractivity contribution in [3.63, 3.8) is 0 Å². The molecule has 0 bridgehead atoms. The van der Waals surface area contributed by atoms with Gasteiger partial charge in [0.1, 0.15) is 0 Å². The molecule has 1 N–H and O–H groups in total. The Bertz CT molecular complexity index is 527. The third-order valence-electron chi connectivity index (χ3n) is 8.10. The predicted molar refractivity (Wildman–Crippen MR) is 90.0 cm³/mol. The van der Waals surface area contributed by atoms with Crippen molar-refractivity contribution in [3.05, 3.63) is 11.6 Å². The maximum Gasteiger partial charge on any atom is 0.0543 e. The molecule has 0 heterocycles. The molecule has 0 aromatic rings. The van der Waals surface area contributed by atoms with E-state index in [1.54, 1.807) is 0 Å². The molecule has 4 aliphatic rings. The summed E-state index contributed by atoms with van der Waals surface area (Å²) in [6.07, 6.45) is 16.7. The SMILES string of the molecule is C#CC1=CCC2C3CCC4CC(O)CC[C@]4(C)C3C[C@@H](C)C12. The first-order chi connectivity index (χ1) is 10.5. The van der Waals surface area contributed by atoms with Gasteiger partial charge in [-0.2, -0.15) is 0 Å². The van der Waals surface area contributed by atoms with Gasteiger partial charge in [-0.05, 0) is 85.9 Å². The zero-order valence-corrected chi connectivity index (χ0v) is 14.1. The highest BCUT2D eigenvalue weighted by atomic mass is 16.3. The lowest BCUT2D eigenvalue weighted by Gasteiger charge is -2.60. The van der Waals surface area contributed by atoms with Gasteiger partial charge in [-0.15, -0.1) is 6.42 Å². The summed E-state index contributed by atoms with van der Waals surface area (Å²) in [5.74, 6) is 7.69. The molecule has 4 aliphatic carbocycles. The lowest BCUT2D eigenvalue weighted by atomic mass is 9.45. The van der Waals surface area contributed by atoms with E-state index >= 15 is 0 Å². The van der Waals surface area contributed by atoms with Crippen LogP contribution in [0.2, 0.25) is 0 Å². The van der Waals surface area contributed by atoms with E-state index in [9.17, 15) is 5.11 Å². The molecule has 0 spiro atoms. The van der Waals surface area contributed by atoms with Gasteiger partial charge in [-0.1, -0.05) is 25.8 Å². The van der Waals surface area contributed by atoms with E-state index in [-0.39, 0.29) is 6.10 Å². The van der Waals surface area contributed by atoms with E-state index < -0.39 is 0 Å². The molecule has 0 aromatic heterocycles. The summed E-state index contributed by atoms with van der Waals surface area (Å²) in [7, 11) is 0. The van der Waals surface area contributed by atoms with Gasteiger partial charge in [0, 0.05) is 5.57 Å². The Kier molecular flexibility index (Phi) is 3.46. The van der Waals surface area contributed by atoms with Crippen molar-refractivity contribution in [1.29, 1.82) is 0 Å². The summed E-state index contributed by atoms with van der Waals surface area (Å²) in [6.45, 7) is 4.99. The number of rotatable bonds is 0. The molecule has 1 heteroatoms. The number of aliphatic hydroxyl groups is 1. The first kappa shape index (κ1) is 14.8. The van der Waals surface area contributed by atoms with Gasteiger partial charge in [0.15, 0.2) is 0 Å². The lowest BCUT2D eigenvalue weighted by Crippen LogP contribution is -2.53. The number of fused-ring (bicyclic) bond motifs is 5. The van der Waals surface area contributed by atoms with Crippen LogP contribution in [0, 0.1) is 53.3 Å². The number of hydrogen-bond donors (Lipinski definition) is 1. The average Bonchev–Trinajstić information content (AvgIpc) is 2.94. The molecule has 1 nitrogen and oxygen atoms in total. The topological polar surface area (TPSA) is 20.2 Å². The minimum atomic E-state index is -0.0374. The summed E-state index contributed by atoms with van der Waals surface area (Å²) in [5, 5.41) is 10.1. The molecule has 3 saturated carbocycles. The van der Waals surface area contributed by atoms with Crippen molar-refractivity contribution < 1.29 is 5.11 Å². The van der Waals surface area contributed by atoms with E-state index in [1.807, 2.05) is 0 Å². The van der Waals surface area contributed by atoms with Crippen molar-refractivity contribution in [1.82, 2.24) is 0 Å². The second-order valence-electron chi connectivity index (χ2n) is 8.92. The van der Waals surface area contributed by atoms with Crippen LogP contribution in [0.4, 0.5) is 0 Å². The number of aliphatic hydroxyl groups excluding tert-OH is 1. The molecule has 0 saturated heterocycles. The van der Waals surface area contributed by atoms with Gasteiger partial charge in [-0.3, -0.25) is 0 Å². The van der Waals surface area contributed by atoms with Crippen molar-refractivity contribution in [3.8, 4) is 12.3 Å². The fourth-order valence-corrected chi connectivity index (χ4v) is 7.02. The first-order valence-corrected chi connectivity index (χ1v) is 9.39. The highest BCUT2D eigenvalue weighted by Crippen LogP contribution is 2.64. The van der Waals surface area contributed by atoms with E-state index in [4.69, 9.17) is 6.42 Å². The molecular formula is C21H30O. The Balaban J connectivity index is 1.63. The second-order valence-corrected chi connectivity index (χ2v) is 8.92. The van der Waals surface area contributed by atoms with Gasteiger partial charge in [0.25, 0.3) is 0 Å². The minimum Gasteiger partial charge on any atom is -0.393 e. The lowest BCUT2D eigenvalue weighted by molar-refractivity contribution is -0.115. The molecule has 0 radical (unpaired) electrons. The van der Waals surface area contributed by atoms with E-state index in [1.165, 1.54) is 37.7 Å². The van der Waals surface area contributed by atoms with Crippen LogP contribution in [-0.4, -0.2) is 11.2 Å². The standard InChI is InChI=1S/C21H30O/c1-4-14-5-7-18-17-8-6-15-12-16(22)9-10-21(15,3)19(17)11-13(2)20(14)18/h1,5,13,15-20,22H,6-12H2,2-3H3/t13-,15?,16?,17?,18?,19?,20?,21+/m1/s1. The molecule has 4 rings (SSSR count). The Morgan fingerprint density at radius 3 is 2.82 bits per heavy atom. The molecule has 0 amide bonds. The smallest absolute Gasteiger partial charge is 0.0543 e. The quantitative estimate of drug-likeness (QED) is 0.657. The van der Waals surface area contributed by atoms with Crippen LogP contribution >= 0.6 is 0 Å². The van der Waals surface area contributed by atoms with Gasteiger partial charge < -0.3 is 5.11 Å². The van der Waals surface area contributed by atoms with Crippen LogP contribution in [0.3, 0.4) is 0 Å². The van der Waals surface area contributed by atoms with Crippen LogP contribution in [0.25, 0.3) is 0 Å². The van der Waals surface area contributed by atoms with Crippen LogP contribution in [0.5, 0.6) is 0 Å². The molecule has 0 aromatic carbocycles. The highest BCUT2D eigenvalue weighted by Gasteiger charge is 2.56. The molecule has 3 fully saturated rings. The minimum absolute atomic E-state index is 0.0374. The highest BCUT2D eigenvalue weighted by molar-refractivity contribution is 5.34. The Hall–Kier alpha value is -0.740. The second kappa shape index (κ2) is 5.13. The van der Waals surface area contributed by atoms with Gasteiger partial charge in [-0.25, -0.2) is 0 Å². The largest absolute Gasteiger partial charge is 0.393 e. The van der Waals surface area contributed by atoms with Gasteiger partial charge >= 0.3 is 0 Å². The van der Waals surface area contributed by atoms with E-state index in [0.29, 0.717) is 11.3 Å². The fourth-order valence-electron chi connectivity index (χ4n) is 7.02. The zero-order chi connectivity index (χ0) is 15.5. The number of terminal acetylenes is 1. The molecule has 8 atom stereocenters. The normalized spacial score (nSPS) is 53.7. The molecule has 120 valence electrons. The zero-order valence-electron chi connectivity index (χ0n) is 14.1. The molecule has 0 aliphatic heterocycles. The molecule has 6 unspecified atom stereocenters. The van der Waals surface area contributed by atoms with Crippen molar-refractivity contribution in [2.24, 2.45) is 40.9 Å². The van der Waals surface area contributed by atoms with E-state index in [2.05, 4.69) is 25.8 Å². The summed E-state index contributed by atoms with van der Waals surface area (Å²) in [6, 6.07) is 0. The van der Waals surface area contributed by atoms with Gasteiger partial charge in [0.2, 0.25) is 0 Å². The van der Waals surface area contributed by atoms with Crippen molar-refractivity contribution >= 4 is 0 Å². The predicted octanol–water partition coefficient (Wildman–Crippen LogP) is 4.42. The Morgan fingerprint density at radius 1 is 1.23 bits per heavy atom. The van der Waals surface area contributed by atoms with Crippen molar-refractivity contribution in [2.75, 3.05) is 0 Å². The number of allylic oxidation sites excluding steroid dienone is 2. The summed E-state index contributed by atoms with van der Waals surface area (Å²) in [5.41, 5.74) is 1.78. The first-order valence-electron chi connectivity index (χ1n) is 9.39. The Morgan fingerprint density at radius 2 is 2.05 bits per heavy atom. The van der Waals surface area contributed by atoms with Crippen LogP contribution in [-0.2, 0) is 0 Å². The molecular weight excluding hydrogens is 268 g/mol. The number of hydrogen-bond acceptors (Lipinski definition) is 1. The van der Waals surface area contributed by atoms with Crippen molar-refractivity contribution in [2.45, 2.75) is 64.9 Å². The summed E-state index contributed by atoms with van der Waals surface area (Å²) >= 11 is 0. The maximum absolute atomic E-state index is 10.1. The fraction of sp³-hybridized carbons (Fsp3) is 0.810. The average molecular weight is 298 g/mol. The summed E-state index contributed by atoms with van der Waals surface area (Å²) < 4.78 is 0. The maximum atomic E-state index is 10.1. The summed E-state index contributed by atoms with van der Waals surface area (Å²) in [4.78, 5) is 0. The third kappa shape index (κ3) is 1.96. The van der Waals surface area contributed by atoms with E-state index in [0.717, 1.165) is 42.4 Å². The third-order valence-corrected chi connectivity index (χ3v) is 8.10. The van der Waals surface area contributed by atoms with Crippen LogP contribution in [0.15, 0.2) is 11.6 Å². The van der Waals surface area contributed by atoms with Gasteiger partial charge in [0.05, 0.1) is 6.10 Å². The molecule has 22 heavy (non-hydrogen) atoms. The van der Waals surface area contributed by atoms with Crippen LogP contribution < -0.4 is 0 Å².